The van der Waals surface area contributed by atoms with Crippen LogP contribution in [0.2, 0.25) is 5.02 Å². The Kier molecular flexibility index (Phi) is 3.29. The Bertz CT molecular complexity index is 543. The number of hydrogen-bond donors (Lipinski definition) is 1. The van der Waals surface area contributed by atoms with Crippen molar-refractivity contribution in [1.29, 1.82) is 0 Å². The Morgan fingerprint density at radius 3 is 3.06 bits per heavy atom. The van der Waals surface area contributed by atoms with Crippen LogP contribution in [0.1, 0.15) is 31.1 Å². The van der Waals surface area contributed by atoms with Gasteiger partial charge in [-0.2, -0.15) is 0 Å². The van der Waals surface area contributed by atoms with Crippen LogP contribution in [0.3, 0.4) is 0 Å². The van der Waals surface area contributed by atoms with E-state index in [0.717, 1.165) is 30.4 Å². The van der Waals surface area contributed by atoms with E-state index in [1.165, 1.54) is 0 Å². The minimum Gasteiger partial charge on any atom is -0.458 e. The third-order valence-electron chi connectivity index (χ3n) is 3.34. The lowest BCUT2D eigenvalue weighted by Crippen LogP contribution is -2.10. The van der Waals surface area contributed by atoms with Gasteiger partial charge in [-0.05, 0) is 37.1 Å². The Morgan fingerprint density at radius 2 is 2.28 bits per heavy atom. The molecule has 0 amide bonds. The first-order chi connectivity index (χ1) is 8.72. The average molecular weight is 267 g/mol. The van der Waals surface area contributed by atoms with E-state index in [2.05, 4.69) is 0 Å². The summed E-state index contributed by atoms with van der Waals surface area (Å²) in [6.45, 7) is 0.799. The van der Waals surface area contributed by atoms with Crippen molar-refractivity contribution in [2.45, 2.75) is 31.5 Å². The number of ether oxygens (including phenoxy) is 1. The van der Waals surface area contributed by atoms with Crippen LogP contribution in [0.5, 0.6) is 0 Å². The van der Waals surface area contributed by atoms with E-state index >= 15 is 0 Å². The van der Waals surface area contributed by atoms with Gasteiger partial charge in [0, 0.05) is 23.4 Å². The highest BCUT2D eigenvalue weighted by atomic mass is 35.5. The molecule has 0 radical (unpaired) electrons. The van der Waals surface area contributed by atoms with Gasteiger partial charge in [0.1, 0.15) is 17.4 Å². The Balaban J connectivity index is 1.80. The van der Waals surface area contributed by atoms with Crippen LogP contribution in [-0.4, -0.2) is 17.8 Å². The van der Waals surface area contributed by atoms with Crippen LogP contribution in [0, 0.1) is 0 Å². The molecule has 3 rings (SSSR count). The third kappa shape index (κ3) is 2.39. The maximum absolute atomic E-state index is 10.1. The summed E-state index contributed by atoms with van der Waals surface area (Å²) in [7, 11) is 0. The summed E-state index contributed by atoms with van der Waals surface area (Å²) < 4.78 is 11.1. The molecular weight excluding hydrogens is 252 g/mol. The molecule has 1 aliphatic rings. The second-order valence-electron chi connectivity index (χ2n) is 4.72. The highest BCUT2D eigenvalue weighted by molar-refractivity contribution is 6.31. The van der Waals surface area contributed by atoms with Crippen molar-refractivity contribution in [3.05, 3.63) is 35.0 Å². The number of hydrogen-bond acceptors (Lipinski definition) is 3. The van der Waals surface area contributed by atoms with Crippen molar-refractivity contribution in [3.63, 3.8) is 0 Å². The monoisotopic (exact) mass is 266 g/mol. The quantitative estimate of drug-likeness (QED) is 0.921. The van der Waals surface area contributed by atoms with Crippen LogP contribution >= 0.6 is 11.6 Å². The van der Waals surface area contributed by atoms with E-state index in [0.29, 0.717) is 17.2 Å². The van der Waals surface area contributed by atoms with Gasteiger partial charge in [-0.25, -0.2) is 0 Å². The van der Waals surface area contributed by atoms with Crippen molar-refractivity contribution < 1.29 is 14.3 Å². The summed E-state index contributed by atoms with van der Waals surface area (Å²) in [5.41, 5.74) is 0.751. The summed E-state index contributed by atoms with van der Waals surface area (Å²) in [5, 5.41) is 11.7. The first-order valence-corrected chi connectivity index (χ1v) is 6.59. The molecule has 18 heavy (non-hydrogen) atoms. The van der Waals surface area contributed by atoms with Gasteiger partial charge >= 0.3 is 0 Å². The van der Waals surface area contributed by atoms with Gasteiger partial charge in [-0.15, -0.1) is 0 Å². The van der Waals surface area contributed by atoms with Crippen LogP contribution in [0.4, 0.5) is 0 Å². The van der Waals surface area contributed by atoms with E-state index in [1.807, 2.05) is 18.2 Å². The van der Waals surface area contributed by atoms with Crippen molar-refractivity contribution in [3.8, 4) is 0 Å². The topological polar surface area (TPSA) is 42.6 Å². The van der Waals surface area contributed by atoms with Crippen LogP contribution in [-0.2, 0) is 4.74 Å². The lowest BCUT2D eigenvalue weighted by molar-refractivity contribution is 0.0454. The van der Waals surface area contributed by atoms with Gasteiger partial charge in [0.15, 0.2) is 0 Å². The Labute approximate surface area is 110 Å². The highest BCUT2D eigenvalue weighted by Crippen LogP contribution is 2.30. The van der Waals surface area contributed by atoms with Gasteiger partial charge in [-0.1, -0.05) is 11.6 Å². The first kappa shape index (κ1) is 12.0. The number of benzene rings is 1. The highest BCUT2D eigenvalue weighted by Gasteiger charge is 2.22. The average Bonchev–Trinajstić information content (AvgIpc) is 2.96. The fraction of sp³-hybridized carbons (Fsp3) is 0.429. The molecule has 2 aromatic rings. The summed E-state index contributed by atoms with van der Waals surface area (Å²) in [6.07, 6.45) is 2.22. The normalized spacial score (nSPS) is 21.6. The molecule has 2 heterocycles. The molecule has 1 aliphatic heterocycles. The van der Waals surface area contributed by atoms with Crippen molar-refractivity contribution >= 4 is 22.6 Å². The molecular formula is C14H15ClO3. The van der Waals surface area contributed by atoms with Gasteiger partial charge in [-0.3, -0.25) is 0 Å². The predicted octanol–water partition coefficient (Wildman–Crippen LogP) is 3.69. The van der Waals surface area contributed by atoms with E-state index in [1.54, 1.807) is 6.07 Å². The Hall–Kier alpha value is -1.03. The zero-order chi connectivity index (χ0) is 12.5. The molecule has 3 nitrogen and oxygen atoms in total. The molecule has 0 saturated carbocycles. The minimum atomic E-state index is -0.612. The minimum absolute atomic E-state index is 0.150. The summed E-state index contributed by atoms with van der Waals surface area (Å²) in [4.78, 5) is 0. The van der Waals surface area contributed by atoms with Crippen LogP contribution in [0.15, 0.2) is 28.7 Å². The summed E-state index contributed by atoms with van der Waals surface area (Å²) >= 11 is 5.92. The lowest BCUT2D eigenvalue weighted by atomic mass is 10.1. The van der Waals surface area contributed by atoms with E-state index in [4.69, 9.17) is 20.8 Å². The molecule has 96 valence electrons. The molecule has 2 atom stereocenters. The van der Waals surface area contributed by atoms with Gasteiger partial charge in [0.05, 0.1) is 6.10 Å². The number of fused-ring (bicyclic) bond motifs is 1. The fourth-order valence-electron chi connectivity index (χ4n) is 2.39. The second kappa shape index (κ2) is 4.92. The van der Waals surface area contributed by atoms with E-state index in [-0.39, 0.29) is 6.10 Å². The number of aliphatic hydroxyl groups is 1. The summed E-state index contributed by atoms with van der Waals surface area (Å²) in [6, 6.07) is 7.28. The van der Waals surface area contributed by atoms with Crippen molar-refractivity contribution in [2.75, 3.05) is 6.61 Å². The molecule has 4 heteroatoms. The maximum atomic E-state index is 10.1. The van der Waals surface area contributed by atoms with Gasteiger partial charge < -0.3 is 14.3 Å². The number of aliphatic hydroxyl groups excluding tert-OH is 1. The SMILES string of the molecule is OC(CC1CCCO1)c1cc2cc(Cl)ccc2o1. The van der Waals surface area contributed by atoms with Crippen LogP contribution in [0.25, 0.3) is 11.0 Å². The number of rotatable bonds is 3. The molecule has 1 fully saturated rings. The molecule has 1 aromatic carbocycles. The third-order valence-corrected chi connectivity index (χ3v) is 3.57. The standard InChI is InChI=1S/C14H15ClO3/c15-10-3-4-13-9(6-10)7-14(18-13)12(16)8-11-2-1-5-17-11/h3-4,6-7,11-12,16H,1-2,5,8H2. The predicted molar refractivity (Wildman–Crippen MR) is 69.8 cm³/mol. The van der Waals surface area contributed by atoms with Crippen molar-refractivity contribution in [1.82, 2.24) is 0 Å². The Morgan fingerprint density at radius 1 is 1.39 bits per heavy atom. The fourth-order valence-corrected chi connectivity index (χ4v) is 2.57. The van der Waals surface area contributed by atoms with Crippen LogP contribution < -0.4 is 0 Å². The van der Waals surface area contributed by atoms with E-state index in [9.17, 15) is 5.11 Å². The number of halogens is 1. The molecule has 0 spiro atoms. The van der Waals surface area contributed by atoms with Gasteiger partial charge in [0.2, 0.25) is 0 Å². The number of furan rings is 1. The zero-order valence-corrected chi connectivity index (χ0v) is 10.7. The molecule has 2 unspecified atom stereocenters. The molecule has 0 bridgehead atoms. The van der Waals surface area contributed by atoms with Gasteiger partial charge in [0.25, 0.3) is 0 Å². The largest absolute Gasteiger partial charge is 0.458 e. The lowest BCUT2D eigenvalue weighted by Gasteiger charge is -2.12. The second-order valence-corrected chi connectivity index (χ2v) is 5.15. The maximum Gasteiger partial charge on any atom is 0.134 e. The van der Waals surface area contributed by atoms with Crippen molar-refractivity contribution in [2.24, 2.45) is 0 Å². The molecule has 1 saturated heterocycles. The summed E-state index contributed by atoms with van der Waals surface area (Å²) in [5.74, 6) is 0.586. The van der Waals surface area contributed by atoms with E-state index < -0.39 is 6.10 Å². The molecule has 1 aromatic heterocycles. The smallest absolute Gasteiger partial charge is 0.134 e. The zero-order valence-electron chi connectivity index (χ0n) is 9.93. The molecule has 1 N–H and O–H groups in total. The first-order valence-electron chi connectivity index (χ1n) is 6.21. The molecule has 0 aliphatic carbocycles.